The van der Waals surface area contributed by atoms with E-state index in [0.717, 1.165) is 18.5 Å². The maximum absolute atomic E-state index is 13.3. The highest BCUT2D eigenvalue weighted by atomic mass is 35.5. The topological polar surface area (TPSA) is 64.4 Å². The third-order valence-electron chi connectivity index (χ3n) is 5.41. The molecule has 1 aliphatic rings. The highest BCUT2D eigenvalue weighted by molar-refractivity contribution is 8.00. The molecule has 1 amide bonds. The van der Waals surface area contributed by atoms with E-state index in [4.69, 9.17) is 16.3 Å². The number of benzene rings is 2. The molecule has 162 valence electrons. The van der Waals surface area contributed by atoms with Crippen molar-refractivity contribution < 1.29 is 9.53 Å². The lowest BCUT2D eigenvalue weighted by atomic mass is 10.0. The van der Waals surface area contributed by atoms with Gasteiger partial charge in [0.15, 0.2) is 5.16 Å². The molecular formula is C23H24ClN3O3S. The Bertz CT molecular complexity index is 1180. The number of anilines is 1. The Morgan fingerprint density at radius 1 is 1.29 bits per heavy atom. The van der Waals surface area contributed by atoms with E-state index in [9.17, 15) is 9.59 Å². The Hall–Kier alpha value is -2.35. The molecule has 0 bridgehead atoms. The third-order valence-corrected chi connectivity index (χ3v) is 6.72. The van der Waals surface area contributed by atoms with Crippen molar-refractivity contribution in [3.63, 3.8) is 0 Å². The van der Waals surface area contributed by atoms with Crippen molar-refractivity contribution in [2.24, 2.45) is 0 Å². The van der Waals surface area contributed by atoms with Crippen molar-refractivity contribution in [1.82, 2.24) is 9.55 Å². The second kappa shape index (κ2) is 9.42. The summed E-state index contributed by atoms with van der Waals surface area (Å²) >= 11 is 7.41. The van der Waals surface area contributed by atoms with E-state index in [0.29, 0.717) is 40.8 Å². The highest BCUT2D eigenvalue weighted by Crippen LogP contribution is 2.31. The zero-order valence-corrected chi connectivity index (χ0v) is 19.1. The molecular weight excluding hydrogens is 434 g/mol. The summed E-state index contributed by atoms with van der Waals surface area (Å²) in [6, 6.07) is 13.1. The molecule has 0 saturated heterocycles. The molecule has 4 rings (SSSR count). The zero-order valence-electron chi connectivity index (χ0n) is 17.5. The second-order valence-corrected chi connectivity index (χ2v) is 9.23. The SMILES string of the molecule is COCCn1c(SC(C)C(=O)N2CCCc3ccccc32)nc2cc(Cl)ccc2c1=O. The van der Waals surface area contributed by atoms with Crippen molar-refractivity contribution in [3.05, 3.63) is 63.4 Å². The lowest BCUT2D eigenvalue weighted by molar-refractivity contribution is -0.117. The van der Waals surface area contributed by atoms with Gasteiger partial charge >= 0.3 is 0 Å². The summed E-state index contributed by atoms with van der Waals surface area (Å²) in [6.07, 6.45) is 1.91. The Morgan fingerprint density at radius 2 is 2.10 bits per heavy atom. The quantitative estimate of drug-likeness (QED) is 0.411. The minimum Gasteiger partial charge on any atom is -0.383 e. The Kier molecular flexibility index (Phi) is 6.65. The van der Waals surface area contributed by atoms with Gasteiger partial charge in [0.05, 0.1) is 29.3 Å². The molecule has 8 heteroatoms. The number of carbonyl (C=O) groups excluding carboxylic acids is 1. The van der Waals surface area contributed by atoms with E-state index in [2.05, 4.69) is 11.1 Å². The fourth-order valence-corrected chi connectivity index (χ4v) is 5.00. The molecule has 1 unspecified atom stereocenters. The number of aromatic nitrogens is 2. The van der Waals surface area contributed by atoms with Gasteiger partial charge < -0.3 is 9.64 Å². The van der Waals surface area contributed by atoms with Crippen LogP contribution in [0.25, 0.3) is 10.9 Å². The number of methoxy groups -OCH3 is 1. The molecule has 31 heavy (non-hydrogen) atoms. The normalized spacial score (nSPS) is 14.5. The maximum Gasteiger partial charge on any atom is 0.262 e. The number of ether oxygens (including phenoxy) is 1. The fourth-order valence-electron chi connectivity index (χ4n) is 3.83. The average molecular weight is 458 g/mol. The van der Waals surface area contributed by atoms with E-state index in [1.807, 2.05) is 30.0 Å². The van der Waals surface area contributed by atoms with Crippen LogP contribution in [0.1, 0.15) is 18.9 Å². The number of halogens is 1. The molecule has 0 radical (unpaired) electrons. The van der Waals surface area contributed by atoms with Crippen LogP contribution in [-0.4, -0.2) is 41.0 Å². The number of nitrogens with zero attached hydrogens (tertiary/aromatic N) is 3. The molecule has 3 aromatic rings. The highest BCUT2D eigenvalue weighted by Gasteiger charge is 2.28. The van der Waals surface area contributed by atoms with Gasteiger partial charge in [-0.3, -0.25) is 14.2 Å². The zero-order chi connectivity index (χ0) is 22.0. The van der Waals surface area contributed by atoms with Crippen LogP contribution in [0, 0.1) is 0 Å². The van der Waals surface area contributed by atoms with Crippen LogP contribution in [-0.2, 0) is 22.5 Å². The maximum atomic E-state index is 13.3. The predicted octanol–water partition coefficient (Wildman–Crippen LogP) is 4.16. The van der Waals surface area contributed by atoms with Gasteiger partial charge in [0.2, 0.25) is 5.91 Å². The van der Waals surface area contributed by atoms with Crippen molar-refractivity contribution >= 4 is 45.9 Å². The summed E-state index contributed by atoms with van der Waals surface area (Å²) in [5.41, 5.74) is 2.52. The Morgan fingerprint density at radius 3 is 2.90 bits per heavy atom. The number of hydrogen-bond acceptors (Lipinski definition) is 5. The van der Waals surface area contributed by atoms with Gasteiger partial charge in [0, 0.05) is 24.4 Å². The monoisotopic (exact) mass is 457 g/mol. The van der Waals surface area contributed by atoms with Crippen LogP contribution in [0.4, 0.5) is 5.69 Å². The van der Waals surface area contributed by atoms with E-state index in [1.54, 1.807) is 29.9 Å². The molecule has 0 saturated carbocycles. The van der Waals surface area contributed by atoms with E-state index in [-0.39, 0.29) is 11.5 Å². The number of fused-ring (bicyclic) bond motifs is 2. The third kappa shape index (κ3) is 4.49. The van der Waals surface area contributed by atoms with E-state index < -0.39 is 5.25 Å². The summed E-state index contributed by atoms with van der Waals surface area (Å²) in [6.45, 7) is 3.28. The predicted molar refractivity (Wildman–Crippen MR) is 125 cm³/mol. The minimum atomic E-state index is -0.413. The van der Waals surface area contributed by atoms with Crippen LogP contribution < -0.4 is 10.5 Å². The molecule has 2 aromatic carbocycles. The van der Waals surface area contributed by atoms with E-state index >= 15 is 0 Å². The van der Waals surface area contributed by atoms with Crippen molar-refractivity contribution in [1.29, 1.82) is 0 Å². The second-order valence-electron chi connectivity index (χ2n) is 7.49. The lowest BCUT2D eigenvalue weighted by Crippen LogP contribution is -2.40. The first-order chi connectivity index (χ1) is 15.0. The number of rotatable bonds is 6. The van der Waals surface area contributed by atoms with Crippen molar-refractivity contribution in [2.75, 3.05) is 25.2 Å². The molecule has 0 spiro atoms. The molecule has 1 aliphatic heterocycles. The average Bonchev–Trinajstić information content (AvgIpc) is 2.77. The Balaban J connectivity index is 1.67. The molecule has 6 nitrogen and oxygen atoms in total. The standard InChI is InChI=1S/C23H24ClN3O3S/c1-15(21(28)26-11-5-7-16-6-3-4-8-20(16)26)31-23-25-19-14-17(24)9-10-18(19)22(29)27(23)12-13-30-2/h3-4,6,8-10,14-15H,5,7,11-13H2,1-2H3. The molecule has 0 aliphatic carbocycles. The largest absolute Gasteiger partial charge is 0.383 e. The molecule has 0 fully saturated rings. The number of hydrogen-bond donors (Lipinski definition) is 0. The van der Waals surface area contributed by atoms with Gasteiger partial charge in [0.1, 0.15) is 0 Å². The first-order valence-corrected chi connectivity index (χ1v) is 11.5. The van der Waals surface area contributed by atoms with Crippen LogP contribution in [0.2, 0.25) is 5.02 Å². The van der Waals surface area contributed by atoms with Crippen LogP contribution in [0.15, 0.2) is 52.4 Å². The molecule has 1 aromatic heterocycles. The van der Waals surface area contributed by atoms with Gasteiger partial charge in [-0.15, -0.1) is 0 Å². The first kappa shape index (κ1) is 21.9. The van der Waals surface area contributed by atoms with Crippen molar-refractivity contribution in [3.8, 4) is 0 Å². The molecule has 0 N–H and O–H groups in total. The van der Waals surface area contributed by atoms with Gasteiger partial charge in [-0.25, -0.2) is 4.98 Å². The number of amides is 1. The van der Waals surface area contributed by atoms with Gasteiger partial charge in [0.25, 0.3) is 5.56 Å². The van der Waals surface area contributed by atoms with Crippen LogP contribution in [0.5, 0.6) is 0 Å². The van der Waals surface area contributed by atoms with Gasteiger partial charge in [-0.2, -0.15) is 0 Å². The molecule has 1 atom stereocenters. The summed E-state index contributed by atoms with van der Waals surface area (Å²) in [5.74, 6) is 0.0101. The number of thioether (sulfide) groups is 1. The number of para-hydroxylation sites is 1. The summed E-state index contributed by atoms with van der Waals surface area (Å²) in [4.78, 5) is 33.0. The lowest BCUT2D eigenvalue weighted by Gasteiger charge is -2.31. The van der Waals surface area contributed by atoms with Gasteiger partial charge in [-0.05, 0) is 49.6 Å². The Labute approximate surface area is 190 Å². The van der Waals surface area contributed by atoms with Crippen LogP contribution >= 0.6 is 23.4 Å². The van der Waals surface area contributed by atoms with Gasteiger partial charge in [-0.1, -0.05) is 41.6 Å². The first-order valence-electron chi connectivity index (χ1n) is 10.2. The molecule has 2 heterocycles. The summed E-state index contributed by atoms with van der Waals surface area (Å²) in [5, 5.41) is 1.08. The fraction of sp³-hybridized carbons (Fsp3) is 0.348. The number of aryl methyl sites for hydroxylation is 1. The van der Waals surface area contributed by atoms with Crippen molar-refractivity contribution in [2.45, 2.75) is 36.7 Å². The van der Waals surface area contributed by atoms with E-state index in [1.165, 1.54) is 17.3 Å². The minimum absolute atomic E-state index is 0.0101. The number of carbonyl (C=O) groups is 1. The summed E-state index contributed by atoms with van der Waals surface area (Å²) < 4.78 is 6.76. The smallest absolute Gasteiger partial charge is 0.262 e. The van der Waals surface area contributed by atoms with Crippen LogP contribution in [0.3, 0.4) is 0 Å². The summed E-state index contributed by atoms with van der Waals surface area (Å²) in [7, 11) is 1.59.